The predicted molar refractivity (Wildman–Crippen MR) is 276 cm³/mol. The number of hydrogen-bond acceptors (Lipinski definition) is 12. The lowest BCUT2D eigenvalue weighted by Gasteiger charge is -2.37. The van der Waals surface area contributed by atoms with E-state index in [1.165, 1.54) is 27.2 Å². The smallest absolute Gasteiger partial charge is 0.167 e. The molecule has 1 aliphatic heterocycles. The molecule has 7 unspecified atom stereocenters. The molecule has 0 saturated carbocycles. The number of ketones is 1. The van der Waals surface area contributed by atoms with Crippen molar-refractivity contribution in [2.45, 2.75) is 80.3 Å². The molecule has 9 rings (SSSR count). The standard InChI is InChI=1S/C56H61N3O8S2/c1-5-35-10-11-36-8-6-7-9-40(36)50(35)43-14-13-41(42-15-17-45(61)53(66-4)52(42)43)44(24-33-19-21-58-29-33)47(63)26-49(64)56(38-22-34(28-57-3)23-39(60)25-38)20-18-48-51-37(27-56)12-16-46(62)54(51)67-32-59-30-55(2,65)31-68-69-48/h6-23,25,29,41,43-44,47-48,57-63,65H,5,24,26-28,30-32H2,1-4H3. The molecule has 2 aliphatic carbocycles. The number of rotatable bonds is 13. The van der Waals surface area contributed by atoms with Gasteiger partial charge in [0.25, 0.3) is 0 Å². The molecule has 0 spiro atoms. The van der Waals surface area contributed by atoms with Crippen molar-refractivity contribution in [3.05, 3.63) is 172 Å². The second-order valence-corrected chi connectivity index (χ2v) is 21.4. The Morgan fingerprint density at radius 3 is 2.57 bits per heavy atom. The van der Waals surface area contributed by atoms with Gasteiger partial charge in [-0.3, -0.25) is 10.1 Å². The molecule has 3 aliphatic rings. The van der Waals surface area contributed by atoms with Crippen molar-refractivity contribution in [1.29, 1.82) is 0 Å². The molecular weight excluding hydrogens is 907 g/mol. The molecule has 13 heteroatoms. The molecule has 11 nitrogen and oxygen atoms in total. The van der Waals surface area contributed by atoms with Gasteiger partial charge in [-0.1, -0.05) is 107 Å². The molecule has 7 atom stereocenters. The van der Waals surface area contributed by atoms with E-state index in [0.717, 1.165) is 56.1 Å². The number of aromatic amines is 1. The van der Waals surface area contributed by atoms with Crippen LogP contribution in [0, 0.1) is 5.92 Å². The number of Topliss-reactive ketones (excluding diaryl/α,β-unsaturated/α-hetero) is 1. The van der Waals surface area contributed by atoms with Crippen LogP contribution in [-0.2, 0) is 36.0 Å². The van der Waals surface area contributed by atoms with Gasteiger partial charge >= 0.3 is 0 Å². The topological polar surface area (TPSA) is 177 Å². The second kappa shape index (κ2) is 20.4. The van der Waals surface area contributed by atoms with E-state index in [2.05, 4.69) is 59.0 Å². The molecule has 69 heavy (non-hydrogen) atoms. The SMILES string of the molecule is CCc1ccc2ccccc2c1C1C=CC(C(Cc2cc[nH]c2)C(O)CC(=O)C2(c3cc(O)cc(CNC)c3)C=CC3SSCC(C)(O)CNCOc4c(O)ccc(c43)C2)c2ccc(O)c(OC)c21. The Morgan fingerprint density at radius 2 is 1.78 bits per heavy atom. The van der Waals surface area contributed by atoms with Crippen molar-refractivity contribution in [3.8, 4) is 28.7 Å². The second-order valence-electron chi connectivity index (χ2n) is 18.9. The largest absolute Gasteiger partial charge is 0.508 e. The molecule has 8 N–H and O–H groups in total. The first-order valence-electron chi connectivity index (χ1n) is 23.6. The van der Waals surface area contributed by atoms with Gasteiger partial charge in [0, 0.05) is 60.6 Å². The van der Waals surface area contributed by atoms with Gasteiger partial charge in [0.05, 0.1) is 29.5 Å². The number of nitrogens with one attached hydrogen (secondary N) is 3. The van der Waals surface area contributed by atoms with Gasteiger partial charge in [-0.2, -0.15) is 0 Å². The number of β-amino-alcohol motifs (C(OH)–C–C–N with tert-alkyl or cyclic N) is 1. The number of phenolic OH excluding ortho intramolecular Hbond substituents is 3. The Labute approximate surface area is 411 Å². The number of aromatic hydroxyl groups is 3. The Morgan fingerprint density at radius 1 is 0.957 bits per heavy atom. The third-order valence-electron chi connectivity index (χ3n) is 14.1. The van der Waals surface area contributed by atoms with Crippen LogP contribution in [0.2, 0.25) is 0 Å². The number of carbonyl (C=O) groups is 1. The molecule has 1 aromatic heterocycles. The number of methoxy groups -OCH3 is 1. The highest BCUT2D eigenvalue weighted by Crippen LogP contribution is 2.54. The van der Waals surface area contributed by atoms with Gasteiger partial charge in [-0.25, -0.2) is 0 Å². The van der Waals surface area contributed by atoms with E-state index in [0.29, 0.717) is 35.8 Å². The highest BCUT2D eigenvalue weighted by atomic mass is 33.1. The van der Waals surface area contributed by atoms with Crippen LogP contribution in [0.4, 0.5) is 0 Å². The lowest BCUT2D eigenvalue weighted by atomic mass is 9.67. The van der Waals surface area contributed by atoms with E-state index in [1.54, 1.807) is 38.3 Å². The van der Waals surface area contributed by atoms with Crippen LogP contribution >= 0.6 is 21.6 Å². The fourth-order valence-electron chi connectivity index (χ4n) is 10.8. The minimum absolute atomic E-state index is 0.00784. The number of H-pyrrole nitrogens is 1. The van der Waals surface area contributed by atoms with Gasteiger partial charge in [-0.05, 0) is 119 Å². The number of carbonyl (C=O) groups excluding carboxylic acids is 1. The molecule has 0 fully saturated rings. The van der Waals surface area contributed by atoms with Crippen molar-refractivity contribution in [3.63, 3.8) is 0 Å². The number of aliphatic hydroxyl groups is 2. The predicted octanol–water partition coefficient (Wildman–Crippen LogP) is 9.40. The maximum absolute atomic E-state index is 15.9. The Balaban J connectivity index is 1.16. The average molecular weight is 968 g/mol. The third-order valence-corrected chi connectivity index (χ3v) is 17.0. The number of phenols is 3. The van der Waals surface area contributed by atoms with Crippen LogP contribution in [0.5, 0.6) is 28.7 Å². The molecule has 360 valence electrons. The monoisotopic (exact) mass is 967 g/mol. The van der Waals surface area contributed by atoms with Crippen molar-refractivity contribution >= 4 is 38.1 Å². The van der Waals surface area contributed by atoms with Crippen LogP contribution in [-0.4, -0.2) is 81.2 Å². The fourth-order valence-corrected chi connectivity index (χ4v) is 13.8. The van der Waals surface area contributed by atoms with Crippen LogP contribution in [0.1, 0.15) is 87.4 Å². The maximum Gasteiger partial charge on any atom is 0.167 e. The van der Waals surface area contributed by atoms with Gasteiger partial charge in [-0.15, -0.1) is 0 Å². The van der Waals surface area contributed by atoms with E-state index in [-0.39, 0.29) is 55.1 Å². The third kappa shape index (κ3) is 9.65. The Hall–Kier alpha value is -5.67. The van der Waals surface area contributed by atoms with Crippen LogP contribution in [0.15, 0.2) is 122 Å². The molecule has 0 saturated heterocycles. The van der Waals surface area contributed by atoms with E-state index in [9.17, 15) is 25.5 Å². The zero-order chi connectivity index (χ0) is 48.5. The highest BCUT2D eigenvalue weighted by Gasteiger charge is 2.45. The van der Waals surface area contributed by atoms with E-state index in [4.69, 9.17) is 9.47 Å². The van der Waals surface area contributed by atoms with Crippen LogP contribution in [0.25, 0.3) is 10.8 Å². The van der Waals surface area contributed by atoms with Crippen molar-refractivity contribution in [1.82, 2.24) is 15.6 Å². The molecule has 0 bridgehead atoms. The van der Waals surface area contributed by atoms with Crippen LogP contribution in [0.3, 0.4) is 0 Å². The molecule has 0 amide bonds. The summed E-state index contributed by atoms with van der Waals surface area (Å²) in [5.41, 5.74) is 5.41. The highest BCUT2D eigenvalue weighted by molar-refractivity contribution is 8.76. The van der Waals surface area contributed by atoms with Crippen molar-refractivity contribution in [2.75, 3.05) is 33.2 Å². The summed E-state index contributed by atoms with van der Waals surface area (Å²) >= 11 is 0. The lowest BCUT2D eigenvalue weighted by molar-refractivity contribution is -0.125. The Bertz CT molecular complexity index is 2900. The minimum Gasteiger partial charge on any atom is -0.508 e. The first-order chi connectivity index (χ1) is 33.3. The summed E-state index contributed by atoms with van der Waals surface area (Å²) in [4.78, 5) is 19.1. The summed E-state index contributed by atoms with van der Waals surface area (Å²) in [6, 6.07) is 26.9. The summed E-state index contributed by atoms with van der Waals surface area (Å²) in [6.07, 6.45) is 11.9. The zero-order valence-electron chi connectivity index (χ0n) is 39.4. The summed E-state index contributed by atoms with van der Waals surface area (Å²) in [7, 11) is 6.41. The van der Waals surface area contributed by atoms with E-state index in [1.807, 2.05) is 68.0 Å². The fraction of sp³-hybridized carbons (Fsp3) is 0.339. The number of aromatic nitrogens is 1. The minimum atomic E-state index is -1.39. The number of fused-ring (bicyclic) bond motifs is 2. The quantitative estimate of drug-likeness (QED) is 0.0407. The number of benzene rings is 5. The lowest BCUT2D eigenvalue weighted by Crippen LogP contribution is -2.41. The first kappa shape index (κ1) is 48.4. The number of aryl methyl sites for hydroxylation is 1. The normalized spacial score (nSPS) is 23.2. The van der Waals surface area contributed by atoms with Crippen LogP contribution < -0.4 is 20.1 Å². The summed E-state index contributed by atoms with van der Waals surface area (Å²) in [5, 5.41) is 66.3. The van der Waals surface area contributed by atoms with Gasteiger partial charge in [0.15, 0.2) is 23.0 Å². The molecule has 0 radical (unpaired) electrons. The number of hydrogen-bond donors (Lipinski definition) is 8. The number of aliphatic hydroxyl groups excluding tert-OH is 1. The van der Waals surface area contributed by atoms with Gasteiger partial charge < -0.3 is 45.3 Å². The van der Waals surface area contributed by atoms with Gasteiger partial charge in [0.1, 0.15) is 18.3 Å². The van der Waals surface area contributed by atoms with E-state index >= 15 is 4.79 Å². The molecule has 2 heterocycles. The summed E-state index contributed by atoms with van der Waals surface area (Å²) < 4.78 is 12.3. The first-order valence-corrected chi connectivity index (χ1v) is 26.0. The van der Waals surface area contributed by atoms with Gasteiger partial charge in [0.2, 0.25) is 0 Å². The number of allylic oxidation sites excluding steroid dienone is 3. The summed E-state index contributed by atoms with van der Waals surface area (Å²) in [6.45, 7) is 4.68. The van der Waals surface area contributed by atoms with Crippen molar-refractivity contribution < 1.29 is 39.8 Å². The molecular formula is C56H61N3O8S2. The molecule has 5 aromatic carbocycles. The average Bonchev–Trinajstić information content (AvgIpc) is 3.79. The summed E-state index contributed by atoms with van der Waals surface area (Å²) in [5.74, 6) is -0.399. The van der Waals surface area contributed by atoms with Crippen molar-refractivity contribution in [2.24, 2.45) is 5.92 Å². The zero-order valence-corrected chi connectivity index (χ0v) is 41.0. The Kier molecular flexibility index (Phi) is 14.3. The van der Waals surface area contributed by atoms with E-state index < -0.39 is 34.2 Å². The molecule has 6 aromatic rings. The number of ether oxygens (including phenoxy) is 2. The maximum atomic E-state index is 15.9.